The summed E-state index contributed by atoms with van der Waals surface area (Å²) in [4.78, 5) is 33.8. The molecule has 43 heavy (non-hydrogen) atoms. The van der Waals surface area contributed by atoms with Crippen molar-refractivity contribution in [2.75, 3.05) is 13.7 Å². The topological polar surface area (TPSA) is 81.6 Å². The SMILES string of the molecule is C=C(OC)N1C(COC2CCC3(c4ncc(F)cn4)CC3C2)C(C)C2CCCC21.CCCC(=O)c1ccccc1C(C)=O. The number of Topliss-reactive ketones (excluding diaryl/α,β-unsaturated/α-hetero) is 2. The first-order chi connectivity index (χ1) is 20.7. The number of fused-ring (bicyclic) bond motifs is 2. The molecule has 2 heterocycles. The molecule has 4 aliphatic rings. The third-order valence-corrected chi connectivity index (χ3v) is 10.4. The third kappa shape index (κ3) is 6.40. The number of carbonyl (C=O) groups is 2. The summed E-state index contributed by atoms with van der Waals surface area (Å²) in [6, 6.07) is 7.89. The van der Waals surface area contributed by atoms with Crippen LogP contribution in [0, 0.1) is 23.6 Å². The molecule has 8 heteroatoms. The van der Waals surface area contributed by atoms with Crippen molar-refractivity contribution in [2.45, 2.75) is 102 Å². The van der Waals surface area contributed by atoms with Gasteiger partial charge in [0.25, 0.3) is 0 Å². The van der Waals surface area contributed by atoms with E-state index in [4.69, 9.17) is 9.47 Å². The van der Waals surface area contributed by atoms with E-state index in [1.807, 2.05) is 6.92 Å². The molecule has 7 atom stereocenters. The number of rotatable bonds is 10. The van der Waals surface area contributed by atoms with E-state index in [1.165, 1.54) is 38.6 Å². The third-order valence-electron chi connectivity index (χ3n) is 10.4. The predicted molar refractivity (Wildman–Crippen MR) is 163 cm³/mol. The van der Waals surface area contributed by atoms with Gasteiger partial charge in [-0.1, -0.05) is 44.5 Å². The summed E-state index contributed by atoms with van der Waals surface area (Å²) in [5, 5.41) is 0. The van der Waals surface area contributed by atoms with Crippen LogP contribution < -0.4 is 0 Å². The number of benzene rings is 1. The van der Waals surface area contributed by atoms with E-state index in [0.29, 0.717) is 47.6 Å². The molecule has 1 saturated heterocycles. The molecule has 3 saturated carbocycles. The van der Waals surface area contributed by atoms with Crippen molar-refractivity contribution in [3.63, 3.8) is 0 Å². The summed E-state index contributed by atoms with van der Waals surface area (Å²) < 4.78 is 25.2. The minimum absolute atomic E-state index is 0.0509. The zero-order valence-corrected chi connectivity index (χ0v) is 26.1. The summed E-state index contributed by atoms with van der Waals surface area (Å²) in [6.45, 7) is 10.7. The Morgan fingerprint density at radius 3 is 2.51 bits per heavy atom. The molecule has 0 N–H and O–H groups in total. The largest absolute Gasteiger partial charge is 0.483 e. The van der Waals surface area contributed by atoms with Gasteiger partial charge < -0.3 is 14.4 Å². The molecule has 0 amide bonds. The average Bonchev–Trinajstić information content (AvgIpc) is 3.44. The number of nitrogens with zero attached hydrogens (tertiary/aromatic N) is 3. The number of halogens is 1. The highest BCUT2D eigenvalue weighted by molar-refractivity contribution is 6.07. The maximum atomic E-state index is 13.2. The standard InChI is InChI=1S/C23H32FN3O2.C12H14O2/c1-14-19-5-4-6-20(19)27(15(2)28-3)21(14)13-29-18-7-8-23(10-16(23)9-18)22-25-11-17(24)12-26-22;1-3-6-12(14)11-8-5-4-7-10(11)9(2)13/h11-12,14,16,18-21H,2,4-10,13H2,1,3H3;4-5,7-8H,3,6H2,1-2H3. The zero-order valence-electron chi connectivity index (χ0n) is 26.1. The van der Waals surface area contributed by atoms with Gasteiger partial charge in [-0.25, -0.2) is 14.4 Å². The van der Waals surface area contributed by atoms with E-state index in [9.17, 15) is 14.0 Å². The normalized spacial score (nSPS) is 30.5. The molecule has 4 fully saturated rings. The van der Waals surface area contributed by atoms with Gasteiger partial charge in [0.05, 0.1) is 38.3 Å². The summed E-state index contributed by atoms with van der Waals surface area (Å²) in [6.07, 6.45) is 12.3. The van der Waals surface area contributed by atoms with E-state index in [0.717, 1.165) is 56.3 Å². The molecule has 0 radical (unpaired) electrons. The van der Waals surface area contributed by atoms with Gasteiger partial charge in [-0.3, -0.25) is 9.59 Å². The van der Waals surface area contributed by atoms with Crippen LogP contribution in [0.4, 0.5) is 4.39 Å². The van der Waals surface area contributed by atoms with E-state index in [2.05, 4.69) is 28.4 Å². The molecule has 0 bridgehead atoms. The first-order valence-corrected chi connectivity index (χ1v) is 15.9. The van der Waals surface area contributed by atoms with E-state index >= 15 is 0 Å². The number of ether oxygens (including phenoxy) is 2. The Morgan fingerprint density at radius 1 is 1.14 bits per heavy atom. The Kier molecular flexibility index (Phi) is 9.64. The first-order valence-electron chi connectivity index (χ1n) is 15.9. The van der Waals surface area contributed by atoms with Gasteiger partial charge in [0.1, 0.15) is 5.82 Å². The van der Waals surface area contributed by atoms with Gasteiger partial charge in [-0.15, -0.1) is 0 Å². The zero-order chi connectivity index (χ0) is 30.7. The van der Waals surface area contributed by atoms with Crippen molar-refractivity contribution in [3.8, 4) is 0 Å². The Morgan fingerprint density at radius 2 is 1.86 bits per heavy atom. The van der Waals surface area contributed by atoms with Crippen molar-refractivity contribution in [1.82, 2.24) is 14.9 Å². The molecular weight excluding hydrogens is 545 g/mol. The van der Waals surface area contributed by atoms with Crippen LogP contribution >= 0.6 is 0 Å². The Bertz CT molecular complexity index is 1320. The second-order valence-corrected chi connectivity index (χ2v) is 12.9. The van der Waals surface area contributed by atoms with Crippen LogP contribution in [-0.2, 0) is 14.9 Å². The quantitative estimate of drug-likeness (QED) is 0.219. The van der Waals surface area contributed by atoms with Gasteiger partial charge in [0.15, 0.2) is 23.3 Å². The summed E-state index contributed by atoms with van der Waals surface area (Å²) in [7, 11) is 1.72. The minimum atomic E-state index is -0.364. The molecule has 3 aliphatic carbocycles. The summed E-state index contributed by atoms with van der Waals surface area (Å²) in [5.41, 5.74) is 1.16. The maximum Gasteiger partial charge on any atom is 0.182 e. The summed E-state index contributed by atoms with van der Waals surface area (Å²) in [5.74, 6) is 3.15. The molecule has 7 nitrogen and oxygen atoms in total. The van der Waals surface area contributed by atoms with Crippen LogP contribution in [0.2, 0.25) is 0 Å². The number of ketones is 2. The number of aromatic nitrogens is 2. The molecule has 7 unspecified atom stereocenters. The van der Waals surface area contributed by atoms with Crippen LogP contribution in [-0.4, -0.2) is 58.3 Å². The summed E-state index contributed by atoms with van der Waals surface area (Å²) >= 11 is 0. The van der Waals surface area contributed by atoms with Crippen LogP contribution in [0.25, 0.3) is 0 Å². The second kappa shape index (κ2) is 13.2. The lowest BCUT2D eigenvalue weighted by atomic mass is 9.86. The minimum Gasteiger partial charge on any atom is -0.483 e. The average molecular weight is 592 g/mol. The van der Waals surface area contributed by atoms with Crippen molar-refractivity contribution in [3.05, 3.63) is 71.9 Å². The monoisotopic (exact) mass is 591 g/mol. The van der Waals surface area contributed by atoms with Crippen molar-refractivity contribution < 1.29 is 23.5 Å². The van der Waals surface area contributed by atoms with Gasteiger partial charge in [0, 0.05) is 29.0 Å². The van der Waals surface area contributed by atoms with Gasteiger partial charge >= 0.3 is 0 Å². The highest BCUT2D eigenvalue weighted by Gasteiger charge is 2.60. The number of hydrogen-bond acceptors (Lipinski definition) is 7. The number of carbonyl (C=O) groups excluding carboxylic acids is 2. The fraction of sp³-hybridized carbons (Fsp3) is 0.600. The Hall–Kier alpha value is -3.13. The molecule has 2 aromatic rings. The highest BCUT2D eigenvalue weighted by atomic mass is 19.1. The number of likely N-dealkylation sites (tertiary alicyclic amines) is 1. The Labute approximate surface area is 255 Å². The second-order valence-electron chi connectivity index (χ2n) is 12.9. The number of hydrogen-bond donors (Lipinski definition) is 0. The predicted octanol–water partition coefficient (Wildman–Crippen LogP) is 6.92. The molecule has 1 aromatic carbocycles. The lowest BCUT2D eigenvalue weighted by molar-refractivity contribution is -0.0202. The first kappa shape index (κ1) is 31.3. The maximum absolute atomic E-state index is 13.2. The van der Waals surface area contributed by atoms with Crippen LogP contribution in [0.1, 0.15) is 105 Å². The fourth-order valence-electron chi connectivity index (χ4n) is 8.01. The van der Waals surface area contributed by atoms with E-state index < -0.39 is 0 Å². The van der Waals surface area contributed by atoms with Gasteiger partial charge in [0.2, 0.25) is 0 Å². The van der Waals surface area contributed by atoms with Gasteiger partial charge in [-0.05, 0) is 76.2 Å². The highest BCUT2D eigenvalue weighted by Crippen LogP contribution is 2.61. The van der Waals surface area contributed by atoms with E-state index in [-0.39, 0.29) is 22.8 Å². The van der Waals surface area contributed by atoms with Crippen LogP contribution in [0.15, 0.2) is 49.1 Å². The Balaban J connectivity index is 0.000000222. The van der Waals surface area contributed by atoms with Crippen molar-refractivity contribution >= 4 is 11.6 Å². The van der Waals surface area contributed by atoms with Crippen LogP contribution in [0.3, 0.4) is 0 Å². The van der Waals surface area contributed by atoms with E-state index in [1.54, 1.807) is 31.4 Å². The van der Waals surface area contributed by atoms with Gasteiger partial charge in [-0.2, -0.15) is 0 Å². The number of methoxy groups -OCH3 is 1. The molecule has 6 rings (SSSR count). The molecular formula is C35H46FN3O4. The molecule has 1 aromatic heterocycles. The molecule has 1 aliphatic heterocycles. The molecule has 0 spiro atoms. The lowest BCUT2D eigenvalue weighted by Crippen LogP contribution is -2.41. The van der Waals surface area contributed by atoms with Crippen molar-refractivity contribution in [1.29, 1.82) is 0 Å². The van der Waals surface area contributed by atoms with Crippen LogP contribution in [0.5, 0.6) is 0 Å². The smallest absolute Gasteiger partial charge is 0.182 e. The molecule has 232 valence electrons. The lowest BCUT2D eigenvalue weighted by Gasteiger charge is -2.35. The van der Waals surface area contributed by atoms with Crippen molar-refractivity contribution in [2.24, 2.45) is 17.8 Å². The fourth-order valence-corrected chi connectivity index (χ4v) is 8.01.